The molecule has 8 nitrogen and oxygen atoms in total. The van der Waals surface area contributed by atoms with E-state index in [0.29, 0.717) is 0 Å². The first-order chi connectivity index (χ1) is 11.3. The third-order valence-corrected chi connectivity index (χ3v) is 3.60. The summed E-state index contributed by atoms with van der Waals surface area (Å²) < 4.78 is 0. The van der Waals surface area contributed by atoms with Crippen LogP contribution in [0.25, 0.3) is 0 Å². The molecule has 1 aliphatic rings. The van der Waals surface area contributed by atoms with Crippen LogP contribution in [0.5, 0.6) is 5.75 Å². The molecule has 2 aromatic carbocycles. The molecule has 2 amide bonds. The van der Waals surface area contributed by atoms with E-state index in [1.807, 2.05) is 0 Å². The molecule has 2 aromatic rings. The Morgan fingerprint density at radius 2 is 1.50 bits per heavy atom. The number of carbonyl (C=O) groups is 4. The van der Waals surface area contributed by atoms with E-state index in [-0.39, 0.29) is 27.9 Å². The number of imide groups is 1. The molecule has 0 unspecified atom stereocenters. The van der Waals surface area contributed by atoms with Crippen molar-refractivity contribution in [1.29, 1.82) is 0 Å². The van der Waals surface area contributed by atoms with Gasteiger partial charge in [0.25, 0.3) is 11.8 Å². The van der Waals surface area contributed by atoms with Crippen molar-refractivity contribution in [3.05, 3.63) is 58.7 Å². The highest BCUT2D eigenvalue weighted by molar-refractivity contribution is 6.34. The molecule has 120 valence electrons. The Morgan fingerprint density at radius 1 is 0.833 bits per heavy atom. The van der Waals surface area contributed by atoms with Crippen molar-refractivity contribution in [2.75, 3.05) is 4.90 Å². The molecule has 0 atom stereocenters. The topological polar surface area (TPSA) is 132 Å². The largest absolute Gasteiger partial charge is 0.507 e. The van der Waals surface area contributed by atoms with E-state index in [9.17, 15) is 24.3 Å². The van der Waals surface area contributed by atoms with Gasteiger partial charge in [0.15, 0.2) is 0 Å². The number of amides is 2. The first-order valence-corrected chi connectivity index (χ1v) is 6.63. The van der Waals surface area contributed by atoms with Gasteiger partial charge in [-0.3, -0.25) is 9.59 Å². The molecule has 0 radical (unpaired) electrons. The Balaban J connectivity index is 2.06. The van der Waals surface area contributed by atoms with Crippen molar-refractivity contribution in [3.63, 3.8) is 0 Å². The van der Waals surface area contributed by atoms with Crippen molar-refractivity contribution in [1.82, 2.24) is 0 Å². The zero-order valence-electron chi connectivity index (χ0n) is 11.9. The number of carboxylic acids is 2. The number of aromatic carboxylic acids is 2. The molecule has 24 heavy (non-hydrogen) atoms. The van der Waals surface area contributed by atoms with Crippen LogP contribution in [0.3, 0.4) is 0 Å². The van der Waals surface area contributed by atoms with Crippen molar-refractivity contribution in [2.24, 2.45) is 0 Å². The number of carboxylic acid groups (broad SMARTS) is 2. The van der Waals surface area contributed by atoms with Crippen LogP contribution in [0.15, 0.2) is 36.4 Å². The van der Waals surface area contributed by atoms with Gasteiger partial charge in [-0.2, -0.15) is 0 Å². The molecular formula is C16H9NO7. The molecule has 0 fully saturated rings. The number of fused-ring (bicyclic) bond motifs is 1. The second-order valence-corrected chi connectivity index (χ2v) is 5.02. The van der Waals surface area contributed by atoms with Crippen LogP contribution in [0, 0.1) is 0 Å². The highest BCUT2D eigenvalue weighted by Crippen LogP contribution is 2.32. The monoisotopic (exact) mass is 327 g/mol. The van der Waals surface area contributed by atoms with Gasteiger partial charge in [-0.25, -0.2) is 14.5 Å². The van der Waals surface area contributed by atoms with Gasteiger partial charge >= 0.3 is 11.9 Å². The lowest BCUT2D eigenvalue weighted by Gasteiger charge is -2.14. The Morgan fingerprint density at radius 3 is 2.08 bits per heavy atom. The smallest absolute Gasteiger partial charge is 0.339 e. The second kappa shape index (κ2) is 5.20. The summed E-state index contributed by atoms with van der Waals surface area (Å²) in [6.07, 6.45) is 0. The number of phenols is 1. The quantitative estimate of drug-likeness (QED) is 0.729. The number of hydrogen-bond acceptors (Lipinski definition) is 5. The summed E-state index contributed by atoms with van der Waals surface area (Å²) in [6, 6.07) is 6.82. The predicted octanol–water partition coefficient (Wildman–Crippen LogP) is 1.59. The fourth-order valence-corrected chi connectivity index (χ4v) is 2.45. The Bertz CT molecular complexity index is 932. The van der Waals surface area contributed by atoms with E-state index in [1.165, 1.54) is 18.2 Å². The zero-order chi connectivity index (χ0) is 17.6. The molecule has 0 bridgehead atoms. The normalized spacial score (nSPS) is 13.1. The highest BCUT2D eigenvalue weighted by atomic mass is 16.4. The molecule has 3 rings (SSSR count). The number of anilines is 1. The molecule has 1 heterocycles. The third kappa shape index (κ3) is 2.17. The third-order valence-electron chi connectivity index (χ3n) is 3.60. The minimum atomic E-state index is -1.35. The number of hydrogen-bond donors (Lipinski definition) is 3. The van der Waals surface area contributed by atoms with Gasteiger partial charge in [0, 0.05) is 6.07 Å². The van der Waals surface area contributed by atoms with Gasteiger partial charge in [0.1, 0.15) is 11.3 Å². The molecule has 0 aliphatic carbocycles. The Kier molecular flexibility index (Phi) is 3.30. The summed E-state index contributed by atoms with van der Waals surface area (Å²) in [5.41, 5.74) is -0.557. The van der Waals surface area contributed by atoms with E-state index in [1.54, 1.807) is 0 Å². The van der Waals surface area contributed by atoms with Gasteiger partial charge in [-0.15, -0.1) is 0 Å². The average Bonchev–Trinajstić information content (AvgIpc) is 2.77. The number of carbonyl (C=O) groups excluding carboxylic acids is 2. The first-order valence-electron chi connectivity index (χ1n) is 6.63. The van der Waals surface area contributed by atoms with Crippen LogP contribution in [0.1, 0.15) is 41.4 Å². The van der Waals surface area contributed by atoms with Crippen LogP contribution in [0.4, 0.5) is 5.69 Å². The molecule has 0 saturated heterocycles. The molecule has 3 N–H and O–H groups in total. The van der Waals surface area contributed by atoms with Crippen LogP contribution in [0.2, 0.25) is 0 Å². The summed E-state index contributed by atoms with van der Waals surface area (Å²) in [5, 5.41) is 27.6. The van der Waals surface area contributed by atoms with Gasteiger partial charge in [0.2, 0.25) is 0 Å². The first kappa shape index (κ1) is 15.2. The van der Waals surface area contributed by atoms with Crippen LogP contribution in [-0.2, 0) is 0 Å². The summed E-state index contributed by atoms with van der Waals surface area (Å²) in [7, 11) is 0. The van der Waals surface area contributed by atoms with E-state index in [2.05, 4.69) is 0 Å². The number of rotatable bonds is 3. The van der Waals surface area contributed by atoms with Crippen molar-refractivity contribution < 1.29 is 34.5 Å². The highest BCUT2D eigenvalue weighted by Gasteiger charge is 2.37. The van der Waals surface area contributed by atoms with Crippen LogP contribution >= 0.6 is 0 Å². The lowest BCUT2D eigenvalue weighted by molar-refractivity contribution is 0.0684. The van der Waals surface area contributed by atoms with E-state index < -0.39 is 29.5 Å². The van der Waals surface area contributed by atoms with E-state index >= 15 is 0 Å². The van der Waals surface area contributed by atoms with Gasteiger partial charge < -0.3 is 15.3 Å². The van der Waals surface area contributed by atoms with Gasteiger partial charge in [-0.05, 0) is 30.3 Å². The SMILES string of the molecule is O=C(O)c1ccc2c(c1)C(=O)N(c1ccc(C(=O)O)c(O)c1)C2=O. The molecular weight excluding hydrogens is 318 g/mol. The maximum absolute atomic E-state index is 12.4. The standard InChI is InChI=1S/C16H9NO7/c18-12-6-8(2-4-10(12)16(23)24)17-13(19)9-3-1-7(15(21)22)5-11(9)14(17)20/h1-6,18H,(H,21,22)(H,23,24). The summed E-state index contributed by atoms with van der Waals surface area (Å²) in [4.78, 5) is 47.4. The minimum absolute atomic E-state index is 0.0134. The fourth-order valence-electron chi connectivity index (χ4n) is 2.45. The van der Waals surface area contributed by atoms with Crippen LogP contribution < -0.4 is 4.90 Å². The van der Waals surface area contributed by atoms with E-state index in [4.69, 9.17) is 10.2 Å². The minimum Gasteiger partial charge on any atom is -0.507 e. The van der Waals surface area contributed by atoms with Crippen molar-refractivity contribution in [2.45, 2.75) is 0 Å². The molecule has 0 saturated carbocycles. The lowest BCUT2D eigenvalue weighted by atomic mass is 10.1. The zero-order valence-corrected chi connectivity index (χ0v) is 11.9. The number of nitrogens with zero attached hydrogens (tertiary/aromatic N) is 1. The predicted molar refractivity (Wildman–Crippen MR) is 79.6 cm³/mol. The Labute approximate surface area is 134 Å². The maximum atomic E-state index is 12.4. The molecule has 8 heteroatoms. The maximum Gasteiger partial charge on any atom is 0.339 e. The fraction of sp³-hybridized carbons (Fsp3) is 0. The van der Waals surface area contributed by atoms with Crippen molar-refractivity contribution >= 4 is 29.4 Å². The Hall–Kier alpha value is -3.68. The summed E-state index contributed by atoms with van der Waals surface area (Å²) in [6.45, 7) is 0. The molecule has 0 spiro atoms. The summed E-state index contributed by atoms with van der Waals surface area (Å²) >= 11 is 0. The molecule has 0 aromatic heterocycles. The second-order valence-electron chi connectivity index (χ2n) is 5.02. The summed E-state index contributed by atoms with van der Waals surface area (Å²) in [5.74, 6) is -4.62. The van der Waals surface area contributed by atoms with Crippen LogP contribution in [-0.4, -0.2) is 39.1 Å². The number of benzene rings is 2. The number of aromatic hydroxyl groups is 1. The van der Waals surface area contributed by atoms with Gasteiger partial charge in [-0.1, -0.05) is 0 Å². The average molecular weight is 327 g/mol. The van der Waals surface area contributed by atoms with Crippen molar-refractivity contribution in [3.8, 4) is 5.75 Å². The van der Waals surface area contributed by atoms with Gasteiger partial charge in [0.05, 0.1) is 22.4 Å². The van der Waals surface area contributed by atoms with E-state index in [0.717, 1.165) is 23.1 Å². The molecule has 1 aliphatic heterocycles. The lowest BCUT2D eigenvalue weighted by Crippen LogP contribution is -2.29.